The number of carbonyl (C=O) groups excluding carboxylic acids is 1. The molecular weight excluding hydrogens is 240 g/mol. The summed E-state index contributed by atoms with van der Waals surface area (Å²) in [6.07, 6.45) is 0.787. The molecule has 4 nitrogen and oxygen atoms in total. The fourth-order valence-electron chi connectivity index (χ4n) is 2.72. The largest absolute Gasteiger partial charge is 0.494 e. The Labute approximate surface area is 114 Å². The van der Waals surface area contributed by atoms with E-state index in [-0.39, 0.29) is 5.91 Å². The highest BCUT2D eigenvalue weighted by atomic mass is 16.5. The molecule has 0 unspecified atom stereocenters. The molecule has 0 radical (unpaired) electrons. The predicted octanol–water partition coefficient (Wildman–Crippen LogP) is 1.93. The number of fused-ring (bicyclic) bond motifs is 1. The van der Waals surface area contributed by atoms with Gasteiger partial charge in [-0.15, -0.1) is 0 Å². The Bertz CT molecular complexity index is 487. The van der Waals surface area contributed by atoms with Crippen LogP contribution < -0.4 is 15.0 Å². The van der Waals surface area contributed by atoms with Gasteiger partial charge in [0.15, 0.2) is 0 Å². The van der Waals surface area contributed by atoms with Crippen molar-refractivity contribution in [1.29, 1.82) is 0 Å². The maximum Gasteiger partial charge on any atom is 0.237 e. The molecule has 1 aliphatic heterocycles. The van der Waals surface area contributed by atoms with E-state index in [1.807, 2.05) is 46.1 Å². The van der Waals surface area contributed by atoms with Gasteiger partial charge in [-0.05, 0) is 57.6 Å². The number of ether oxygens (including phenoxy) is 1. The molecule has 1 aromatic rings. The van der Waals surface area contributed by atoms with Crippen LogP contribution in [-0.4, -0.2) is 33.2 Å². The minimum Gasteiger partial charge on any atom is -0.494 e. The third kappa shape index (κ3) is 2.21. The van der Waals surface area contributed by atoms with Gasteiger partial charge in [-0.1, -0.05) is 0 Å². The second-order valence-corrected chi connectivity index (χ2v) is 5.16. The van der Waals surface area contributed by atoms with Crippen molar-refractivity contribution >= 4 is 11.6 Å². The summed E-state index contributed by atoms with van der Waals surface area (Å²) in [4.78, 5) is 14.3. The third-order valence-electron chi connectivity index (χ3n) is 3.89. The van der Waals surface area contributed by atoms with Crippen LogP contribution in [0.15, 0.2) is 18.2 Å². The van der Waals surface area contributed by atoms with Crippen LogP contribution in [0.3, 0.4) is 0 Å². The van der Waals surface area contributed by atoms with E-state index in [9.17, 15) is 4.79 Å². The number of nitrogens with zero attached hydrogens (tertiary/aromatic N) is 1. The summed E-state index contributed by atoms with van der Waals surface area (Å²) in [6, 6.07) is 5.91. The Balaban J connectivity index is 2.43. The lowest BCUT2D eigenvalue weighted by Gasteiger charge is -2.23. The van der Waals surface area contributed by atoms with E-state index in [0.717, 1.165) is 30.0 Å². The standard InChI is InChI=1S/C15H22N2O2/c1-5-19-11-6-7-13-12(10-11)15(2,8-9-16-3)14(18)17(13)4/h6-7,10,16H,5,8-9H2,1-4H3/t15-/m1/s1. The number of likely N-dealkylation sites (N-methyl/N-ethyl adjacent to an activating group) is 1. The Kier molecular flexibility index (Phi) is 3.80. The number of nitrogens with one attached hydrogen (secondary N) is 1. The van der Waals surface area contributed by atoms with Crippen LogP contribution in [0, 0.1) is 0 Å². The molecule has 0 fully saturated rings. The van der Waals surface area contributed by atoms with Crippen molar-refractivity contribution in [3.05, 3.63) is 23.8 Å². The Morgan fingerprint density at radius 2 is 2.16 bits per heavy atom. The zero-order valence-corrected chi connectivity index (χ0v) is 12.1. The molecule has 0 saturated carbocycles. The Morgan fingerprint density at radius 3 is 2.79 bits per heavy atom. The van der Waals surface area contributed by atoms with Gasteiger partial charge >= 0.3 is 0 Å². The second-order valence-electron chi connectivity index (χ2n) is 5.16. The van der Waals surface area contributed by atoms with Gasteiger partial charge in [0.25, 0.3) is 0 Å². The van der Waals surface area contributed by atoms with Crippen LogP contribution in [0.4, 0.5) is 5.69 Å². The molecule has 1 N–H and O–H groups in total. The number of hydrogen-bond donors (Lipinski definition) is 1. The monoisotopic (exact) mass is 262 g/mol. The normalized spacial score (nSPS) is 21.7. The van der Waals surface area contributed by atoms with E-state index in [1.165, 1.54) is 0 Å². The molecule has 1 aliphatic rings. The first-order valence-corrected chi connectivity index (χ1v) is 6.74. The lowest BCUT2D eigenvalue weighted by atomic mass is 9.80. The quantitative estimate of drug-likeness (QED) is 0.881. The number of benzene rings is 1. The van der Waals surface area contributed by atoms with Gasteiger partial charge in [0.05, 0.1) is 12.0 Å². The lowest BCUT2D eigenvalue weighted by Crippen LogP contribution is -2.38. The molecule has 1 amide bonds. The smallest absolute Gasteiger partial charge is 0.237 e. The van der Waals surface area contributed by atoms with Crippen LogP contribution in [0.5, 0.6) is 5.75 Å². The molecular formula is C15H22N2O2. The Morgan fingerprint density at radius 1 is 1.42 bits per heavy atom. The highest BCUT2D eigenvalue weighted by molar-refractivity contribution is 6.07. The Hall–Kier alpha value is -1.55. The van der Waals surface area contributed by atoms with Crippen molar-refractivity contribution < 1.29 is 9.53 Å². The molecule has 1 aromatic carbocycles. The maximum absolute atomic E-state index is 12.5. The van der Waals surface area contributed by atoms with E-state index >= 15 is 0 Å². The summed E-state index contributed by atoms with van der Waals surface area (Å²) in [5.41, 5.74) is 1.61. The topological polar surface area (TPSA) is 41.6 Å². The fourth-order valence-corrected chi connectivity index (χ4v) is 2.72. The van der Waals surface area contributed by atoms with Gasteiger partial charge in [0.1, 0.15) is 5.75 Å². The van der Waals surface area contributed by atoms with Crippen molar-refractivity contribution in [2.75, 3.05) is 32.1 Å². The molecule has 104 valence electrons. The van der Waals surface area contributed by atoms with Gasteiger partial charge in [-0.25, -0.2) is 0 Å². The lowest BCUT2D eigenvalue weighted by molar-refractivity contribution is -0.122. The fraction of sp³-hybridized carbons (Fsp3) is 0.533. The zero-order valence-electron chi connectivity index (χ0n) is 12.1. The first kappa shape index (κ1) is 13.9. The number of rotatable bonds is 5. The summed E-state index contributed by atoms with van der Waals surface area (Å²) < 4.78 is 5.55. The molecule has 0 spiro atoms. The van der Waals surface area contributed by atoms with Crippen molar-refractivity contribution in [1.82, 2.24) is 5.32 Å². The van der Waals surface area contributed by atoms with E-state index in [1.54, 1.807) is 4.90 Å². The molecule has 1 heterocycles. The molecule has 0 aliphatic carbocycles. The molecule has 0 aromatic heterocycles. The van der Waals surface area contributed by atoms with Crippen LogP contribution in [0.2, 0.25) is 0 Å². The molecule has 0 bridgehead atoms. The van der Waals surface area contributed by atoms with Gasteiger partial charge in [0, 0.05) is 12.7 Å². The number of hydrogen-bond acceptors (Lipinski definition) is 3. The molecule has 0 saturated heterocycles. The average Bonchev–Trinajstić information content (AvgIpc) is 2.60. The van der Waals surface area contributed by atoms with E-state index < -0.39 is 5.41 Å². The minimum absolute atomic E-state index is 0.159. The average molecular weight is 262 g/mol. The van der Waals surface area contributed by atoms with Gasteiger partial charge in [-0.2, -0.15) is 0 Å². The van der Waals surface area contributed by atoms with Gasteiger partial charge < -0.3 is 15.0 Å². The number of amides is 1. The zero-order chi connectivity index (χ0) is 14.0. The second kappa shape index (κ2) is 5.21. The predicted molar refractivity (Wildman–Crippen MR) is 76.9 cm³/mol. The number of carbonyl (C=O) groups is 1. The van der Waals surface area contributed by atoms with E-state index in [2.05, 4.69) is 5.32 Å². The van der Waals surface area contributed by atoms with E-state index in [0.29, 0.717) is 6.61 Å². The van der Waals surface area contributed by atoms with E-state index in [4.69, 9.17) is 4.74 Å². The molecule has 1 atom stereocenters. The summed E-state index contributed by atoms with van der Waals surface area (Å²) in [5.74, 6) is 0.992. The van der Waals surface area contributed by atoms with Crippen LogP contribution in [0.25, 0.3) is 0 Å². The highest BCUT2D eigenvalue weighted by Gasteiger charge is 2.45. The van der Waals surface area contributed by atoms with Gasteiger partial charge in [0.2, 0.25) is 5.91 Å². The summed E-state index contributed by atoms with van der Waals surface area (Å²) in [5, 5.41) is 3.12. The summed E-state index contributed by atoms with van der Waals surface area (Å²) in [7, 11) is 3.75. The van der Waals surface area contributed by atoms with Crippen LogP contribution in [-0.2, 0) is 10.2 Å². The van der Waals surface area contributed by atoms with Gasteiger partial charge in [-0.3, -0.25) is 4.79 Å². The summed E-state index contributed by atoms with van der Waals surface area (Å²) >= 11 is 0. The summed E-state index contributed by atoms with van der Waals surface area (Å²) in [6.45, 7) is 5.43. The van der Waals surface area contributed by atoms with Crippen LogP contribution in [0.1, 0.15) is 25.8 Å². The van der Waals surface area contributed by atoms with Crippen molar-refractivity contribution in [3.8, 4) is 5.75 Å². The molecule has 4 heteroatoms. The van der Waals surface area contributed by atoms with Crippen molar-refractivity contribution in [2.45, 2.75) is 25.7 Å². The minimum atomic E-state index is -0.458. The first-order chi connectivity index (χ1) is 9.04. The third-order valence-corrected chi connectivity index (χ3v) is 3.89. The van der Waals surface area contributed by atoms with Crippen molar-refractivity contribution in [2.24, 2.45) is 0 Å². The highest BCUT2D eigenvalue weighted by Crippen LogP contribution is 2.44. The SMILES string of the molecule is CCOc1ccc2c(c1)[C@@](C)(CCNC)C(=O)N2C. The van der Waals surface area contributed by atoms with Crippen molar-refractivity contribution in [3.63, 3.8) is 0 Å². The first-order valence-electron chi connectivity index (χ1n) is 6.74. The molecule has 2 rings (SSSR count). The van der Waals surface area contributed by atoms with Crippen LogP contribution >= 0.6 is 0 Å². The molecule has 19 heavy (non-hydrogen) atoms. The number of anilines is 1. The maximum atomic E-state index is 12.5.